The Morgan fingerprint density at radius 2 is 2.04 bits per heavy atom. The van der Waals surface area contributed by atoms with E-state index in [1.54, 1.807) is 24.3 Å². The number of imidazole rings is 1. The molecule has 3 rings (SSSR count). The molecule has 0 saturated carbocycles. The molecular formula is C19H23ClN4O2. The second-order valence-corrected chi connectivity index (χ2v) is 6.79. The molecule has 2 N–H and O–H groups in total. The first-order valence-electron chi connectivity index (χ1n) is 9.05. The van der Waals surface area contributed by atoms with Crippen LogP contribution < -0.4 is 10.6 Å². The molecule has 6 nitrogen and oxygen atoms in total. The zero-order chi connectivity index (χ0) is 18.5. The first-order valence-corrected chi connectivity index (χ1v) is 9.43. The Labute approximate surface area is 157 Å². The summed E-state index contributed by atoms with van der Waals surface area (Å²) in [5, 5.41) is 6.15. The van der Waals surface area contributed by atoms with Crippen LogP contribution in [0.1, 0.15) is 59.4 Å². The van der Waals surface area contributed by atoms with Crippen LogP contribution >= 0.6 is 11.6 Å². The third-order valence-corrected chi connectivity index (χ3v) is 4.80. The van der Waals surface area contributed by atoms with Crippen molar-refractivity contribution in [1.29, 1.82) is 0 Å². The minimum Gasteiger partial charge on any atom is -0.351 e. The van der Waals surface area contributed by atoms with Crippen molar-refractivity contribution in [3.63, 3.8) is 0 Å². The van der Waals surface area contributed by atoms with Gasteiger partial charge in [-0.1, -0.05) is 37.1 Å². The van der Waals surface area contributed by atoms with Crippen molar-refractivity contribution < 1.29 is 9.59 Å². The standard InChI is InChI=1S/C19H23ClN4O2/c1-2-3-11-21-18(25)16-15-10-6-7-12-24(15)17(23-16)19(26)22-14-9-5-4-8-13(14)20/h4-5,8-9H,2-3,6-7,10-12H2,1H3,(H,21,25)(H,22,26). The highest BCUT2D eigenvalue weighted by atomic mass is 35.5. The SMILES string of the molecule is CCCCNC(=O)c1nc(C(=O)Nc2ccccc2Cl)n2c1CCCC2. The number of benzene rings is 1. The summed E-state index contributed by atoms with van der Waals surface area (Å²) in [5.74, 6) is -0.296. The van der Waals surface area contributed by atoms with Crippen molar-refractivity contribution in [2.75, 3.05) is 11.9 Å². The molecule has 0 radical (unpaired) electrons. The van der Waals surface area contributed by atoms with Crippen LogP contribution in [0.5, 0.6) is 0 Å². The molecule has 0 atom stereocenters. The summed E-state index contributed by atoms with van der Waals surface area (Å²) in [4.78, 5) is 29.6. The highest BCUT2D eigenvalue weighted by molar-refractivity contribution is 6.33. The van der Waals surface area contributed by atoms with Gasteiger partial charge in [0.1, 0.15) is 5.69 Å². The minimum absolute atomic E-state index is 0.208. The number of carbonyl (C=O) groups excluding carboxylic acids is 2. The van der Waals surface area contributed by atoms with Gasteiger partial charge in [-0.05, 0) is 37.8 Å². The smallest absolute Gasteiger partial charge is 0.291 e. The number of fused-ring (bicyclic) bond motifs is 1. The molecule has 2 aromatic rings. The molecule has 1 aliphatic heterocycles. The third-order valence-electron chi connectivity index (χ3n) is 4.47. The number of rotatable bonds is 6. The number of unbranched alkanes of at least 4 members (excludes halogenated alkanes) is 1. The van der Waals surface area contributed by atoms with Crippen LogP contribution in [-0.2, 0) is 13.0 Å². The van der Waals surface area contributed by atoms with Crippen LogP contribution in [-0.4, -0.2) is 27.9 Å². The normalized spacial score (nSPS) is 13.2. The van der Waals surface area contributed by atoms with Crippen molar-refractivity contribution in [2.24, 2.45) is 0 Å². The fourth-order valence-electron chi connectivity index (χ4n) is 3.10. The summed E-state index contributed by atoms with van der Waals surface area (Å²) in [5.41, 5.74) is 1.74. The molecule has 1 aliphatic rings. The minimum atomic E-state index is -0.353. The van der Waals surface area contributed by atoms with Crippen molar-refractivity contribution in [3.8, 4) is 0 Å². The van der Waals surface area contributed by atoms with Gasteiger partial charge >= 0.3 is 0 Å². The fourth-order valence-corrected chi connectivity index (χ4v) is 3.28. The third kappa shape index (κ3) is 3.90. The highest BCUT2D eigenvalue weighted by Gasteiger charge is 2.27. The number of halogens is 1. The van der Waals surface area contributed by atoms with E-state index < -0.39 is 0 Å². The maximum absolute atomic E-state index is 12.7. The predicted molar refractivity (Wildman–Crippen MR) is 102 cm³/mol. The van der Waals surface area contributed by atoms with Gasteiger partial charge in [-0.2, -0.15) is 0 Å². The molecule has 2 heterocycles. The molecule has 0 fully saturated rings. The molecule has 138 valence electrons. The van der Waals surface area contributed by atoms with Crippen LogP contribution in [0.15, 0.2) is 24.3 Å². The summed E-state index contributed by atoms with van der Waals surface area (Å²) >= 11 is 6.12. The van der Waals surface area contributed by atoms with E-state index in [1.807, 2.05) is 4.57 Å². The van der Waals surface area contributed by atoms with E-state index in [9.17, 15) is 9.59 Å². The van der Waals surface area contributed by atoms with E-state index in [1.165, 1.54) is 0 Å². The van der Waals surface area contributed by atoms with Crippen LogP contribution in [0.25, 0.3) is 0 Å². The van der Waals surface area contributed by atoms with Gasteiger partial charge in [0.15, 0.2) is 5.82 Å². The molecule has 1 aromatic carbocycles. The average Bonchev–Trinajstić information content (AvgIpc) is 3.04. The molecule has 0 saturated heterocycles. The van der Waals surface area contributed by atoms with E-state index in [-0.39, 0.29) is 17.6 Å². The number of hydrogen-bond donors (Lipinski definition) is 2. The highest BCUT2D eigenvalue weighted by Crippen LogP contribution is 2.24. The Bertz CT molecular complexity index is 816. The number of para-hydroxylation sites is 1. The quantitative estimate of drug-likeness (QED) is 0.757. The Hall–Kier alpha value is -2.34. The number of hydrogen-bond acceptors (Lipinski definition) is 3. The van der Waals surface area contributed by atoms with Crippen LogP contribution in [0.3, 0.4) is 0 Å². The lowest BCUT2D eigenvalue weighted by Gasteiger charge is -2.17. The number of nitrogens with one attached hydrogen (secondary N) is 2. The lowest BCUT2D eigenvalue weighted by molar-refractivity contribution is 0.0947. The molecule has 26 heavy (non-hydrogen) atoms. The van der Waals surface area contributed by atoms with Gasteiger partial charge in [-0.25, -0.2) is 4.98 Å². The van der Waals surface area contributed by atoms with Gasteiger partial charge in [0.25, 0.3) is 11.8 Å². The van der Waals surface area contributed by atoms with Gasteiger partial charge in [0, 0.05) is 13.1 Å². The number of aromatic nitrogens is 2. The number of nitrogens with zero attached hydrogens (tertiary/aromatic N) is 2. The summed E-state index contributed by atoms with van der Waals surface area (Å²) < 4.78 is 1.87. The maximum atomic E-state index is 12.7. The Balaban J connectivity index is 1.86. The van der Waals surface area contributed by atoms with Gasteiger partial charge in [-0.3, -0.25) is 9.59 Å². The molecule has 0 bridgehead atoms. The zero-order valence-electron chi connectivity index (χ0n) is 14.8. The van der Waals surface area contributed by atoms with E-state index in [0.29, 0.717) is 29.5 Å². The molecule has 0 spiro atoms. The van der Waals surface area contributed by atoms with Crippen LogP contribution in [0, 0.1) is 0 Å². The topological polar surface area (TPSA) is 76.0 Å². The molecule has 7 heteroatoms. The van der Waals surface area contributed by atoms with Crippen molar-refractivity contribution in [1.82, 2.24) is 14.9 Å². The molecule has 2 amide bonds. The molecule has 1 aromatic heterocycles. The van der Waals surface area contributed by atoms with Crippen molar-refractivity contribution in [2.45, 2.75) is 45.6 Å². The number of carbonyl (C=O) groups is 2. The summed E-state index contributed by atoms with van der Waals surface area (Å²) in [6.07, 6.45) is 4.64. The van der Waals surface area contributed by atoms with E-state index in [2.05, 4.69) is 22.5 Å². The van der Waals surface area contributed by atoms with Crippen molar-refractivity contribution >= 4 is 29.1 Å². The molecule has 0 unspecified atom stereocenters. The predicted octanol–water partition coefficient (Wildman–Crippen LogP) is 3.66. The fraction of sp³-hybridized carbons (Fsp3) is 0.421. The Morgan fingerprint density at radius 3 is 2.81 bits per heavy atom. The lowest BCUT2D eigenvalue weighted by atomic mass is 10.1. The summed E-state index contributed by atoms with van der Waals surface area (Å²) in [6.45, 7) is 3.38. The second kappa shape index (κ2) is 8.36. The average molecular weight is 375 g/mol. The Kier molecular flexibility index (Phi) is 5.93. The second-order valence-electron chi connectivity index (χ2n) is 6.38. The monoisotopic (exact) mass is 374 g/mol. The first-order chi connectivity index (χ1) is 12.6. The van der Waals surface area contributed by atoms with Gasteiger partial charge < -0.3 is 15.2 Å². The molecular weight excluding hydrogens is 352 g/mol. The number of amides is 2. The van der Waals surface area contributed by atoms with Gasteiger partial charge in [0.05, 0.1) is 16.4 Å². The van der Waals surface area contributed by atoms with Gasteiger partial charge in [-0.15, -0.1) is 0 Å². The summed E-state index contributed by atoms with van der Waals surface area (Å²) in [7, 11) is 0. The van der Waals surface area contributed by atoms with Crippen LogP contribution in [0.2, 0.25) is 5.02 Å². The van der Waals surface area contributed by atoms with E-state index in [4.69, 9.17) is 11.6 Å². The van der Waals surface area contributed by atoms with Crippen molar-refractivity contribution in [3.05, 3.63) is 46.5 Å². The molecule has 0 aliphatic carbocycles. The Morgan fingerprint density at radius 1 is 1.23 bits per heavy atom. The zero-order valence-corrected chi connectivity index (χ0v) is 15.6. The first kappa shape index (κ1) is 18.5. The largest absolute Gasteiger partial charge is 0.351 e. The van der Waals surface area contributed by atoms with Gasteiger partial charge in [0.2, 0.25) is 0 Å². The van der Waals surface area contributed by atoms with E-state index in [0.717, 1.165) is 37.8 Å². The van der Waals surface area contributed by atoms with E-state index >= 15 is 0 Å². The maximum Gasteiger partial charge on any atom is 0.291 e. The number of anilines is 1. The lowest BCUT2D eigenvalue weighted by Crippen LogP contribution is -2.26. The summed E-state index contributed by atoms with van der Waals surface area (Å²) in [6, 6.07) is 7.05. The van der Waals surface area contributed by atoms with Crippen LogP contribution in [0.4, 0.5) is 5.69 Å².